The molecule has 2 aromatic rings. The SMILES string of the molecule is Cc1ccc(OC(C)C(=O)N2CCN(S(=O)(=O)c3cccc(C(F)(F)F)c3)CC2)cc1. The molecule has 31 heavy (non-hydrogen) atoms. The van der Waals surface area contributed by atoms with Crippen LogP contribution in [-0.2, 0) is 21.0 Å². The number of rotatable bonds is 5. The zero-order chi connectivity index (χ0) is 22.8. The Morgan fingerprint density at radius 3 is 2.23 bits per heavy atom. The lowest BCUT2D eigenvalue weighted by Crippen LogP contribution is -2.53. The van der Waals surface area contributed by atoms with Crippen LogP contribution in [0.15, 0.2) is 53.4 Å². The van der Waals surface area contributed by atoms with Gasteiger partial charge < -0.3 is 9.64 Å². The Bertz CT molecular complexity index is 1030. The van der Waals surface area contributed by atoms with Crippen molar-refractivity contribution >= 4 is 15.9 Å². The van der Waals surface area contributed by atoms with Gasteiger partial charge in [-0.3, -0.25) is 4.79 Å². The smallest absolute Gasteiger partial charge is 0.416 e. The number of halogens is 3. The first-order valence-electron chi connectivity index (χ1n) is 9.68. The molecule has 2 aromatic carbocycles. The molecule has 1 amide bonds. The molecule has 6 nitrogen and oxygen atoms in total. The molecule has 0 radical (unpaired) electrons. The fourth-order valence-corrected chi connectivity index (χ4v) is 4.73. The van der Waals surface area contributed by atoms with E-state index in [1.807, 2.05) is 19.1 Å². The summed E-state index contributed by atoms with van der Waals surface area (Å²) in [7, 11) is -4.10. The summed E-state index contributed by atoms with van der Waals surface area (Å²) in [5.74, 6) is 0.272. The van der Waals surface area contributed by atoms with E-state index in [0.29, 0.717) is 11.8 Å². The average molecular weight is 456 g/mol. The van der Waals surface area contributed by atoms with Crippen molar-refractivity contribution in [2.45, 2.75) is 31.0 Å². The summed E-state index contributed by atoms with van der Waals surface area (Å²) in [5.41, 5.74) is 0.0360. The lowest BCUT2D eigenvalue weighted by atomic mass is 10.2. The number of hydrogen-bond acceptors (Lipinski definition) is 4. The van der Waals surface area contributed by atoms with Gasteiger partial charge in [0.15, 0.2) is 6.10 Å². The number of ether oxygens (including phenoxy) is 1. The molecule has 0 aromatic heterocycles. The standard InChI is InChI=1S/C21H23F3N2O4S/c1-15-6-8-18(9-7-15)30-16(2)20(27)25-10-12-26(13-11-25)31(28,29)19-5-3-4-17(14-19)21(22,23)24/h3-9,14,16H,10-13H2,1-2H3. The summed E-state index contributed by atoms with van der Waals surface area (Å²) in [6.45, 7) is 3.78. The fourth-order valence-electron chi connectivity index (χ4n) is 3.26. The number of amides is 1. The van der Waals surface area contributed by atoms with Crippen molar-refractivity contribution in [1.29, 1.82) is 0 Å². The maximum Gasteiger partial charge on any atom is 0.416 e. The molecular weight excluding hydrogens is 433 g/mol. The number of aryl methyl sites for hydroxylation is 1. The Hall–Kier alpha value is -2.59. The van der Waals surface area contributed by atoms with Crippen LogP contribution in [0.3, 0.4) is 0 Å². The Morgan fingerprint density at radius 1 is 1.03 bits per heavy atom. The molecule has 1 aliphatic heterocycles. The van der Waals surface area contributed by atoms with Gasteiger partial charge in [-0.15, -0.1) is 0 Å². The van der Waals surface area contributed by atoms with Crippen molar-refractivity contribution in [3.05, 3.63) is 59.7 Å². The second-order valence-electron chi connectivity index (χ2n) is 7.33. The van der Waals surface area contributed by atoms with Crippen molar-refractivity contribution in [2.75, 3.05) is 26.2 Å². The number of piperazine rings is 1. The number of alkyl halides is 3. The monoisotopic (exact) mass is 456 g/mol. The van der Waals surface area contributed by atoms with E-state index in [1.54, 1.807) is 19.1 Å². The van der Waals surface area contributed by atoms with E-state index in [0.717, 1.165) is 28.1 Å². The highest BCUT2D eigenvalue weighted by Gasteiger charge is 2.35. The highest BCUT2D eigenvalue weighted by Crippen LogP contribution is 2.31. The average Bonchev–Trinajstić information content (AvgIpc) is 2.74. The lowest BCUT2D eigenvalue weighted by Gasteiger charge is -2.35. The molecule has 1 saturated heterocycles. The number of carbonyl (C=O) groups is 1. The van der Waals surface area contributed by atoms with Crippen LogP contribution in [0.25, 0.3) is 0 Å². The topological polar surface area (TPSA) is 66.9 Å². The third kappa shape index (κ3) is 5.37. The van der Waals surface area contributed by atoms with E-state index in [1.165, 1.54) is 4.90 Å². The third-order valence-electron chi connectivity index (χ3n) is 5.03. The minimum absolute atomic E-state index is 0.0123. The second kappa shape index (κ2) is 8.88. The summed E-state index contributed by atoms with van der Waals surface area (Å²) in [5, 5.41) is 0. The van der Waals surface area contributed by atoms with E-state index < -0.39 is 32.8 Å². The van der Waals surface area contributed by atoms with Gasteiger partial charge in [-0.2, -0.15) is 17.5 Å². The van der Waals surface area contributed by atoms with Crippen molar-refractivity contribution in [3.63, 3.8) is 0 Å². The lowest BCUT2D eigenvalue weighted by molar-refractivity contribution is -0.139. The molecular formula is C21H23F3N2O4S. The summed E-state index contributed by atoms with van der Waals surface area (Å²) in [4.78, 5) is 13.7. The Kier molecular flexibility index (Phi) is 6.61. The molecule has 0 saturated carbocycles. The molecule has 1 aliphatic rings. The normalized spacial score (nSPS) is 16.7. The van der Waals surface area contributed by atoms with Crippen LogP contribution in [0.2, 0.25) is 0 Å². The van der Waals surface area contributed by atoms with Gasteiger partial charge in [-0.1, -0.05) is 23.8 Å². The van der Waals surface area contributed by atoms with E-state index in [2.05, 4.69) is 0 Å². The summed E-state index contributed by atoms with van der Waals surface area (Å²) in [6, 6.07) is 10.9. The minimum atomic E-state index is -4.63. The first kappa shape index (κ1) is 23.1. The van der Waals surface area contributed by atoms with E-state index in [4.69, 9.17) is 4.74 Å². The first-order chi connectivity index (χ1) is 14.5. The van der Waals surface area contributed by atoms with Crippen LogP contribution in [0, 0.1) is 6.92 Å². The molecule has 1 atom stereocenters. The number of benzene rings is 2. The number of hydrogen-bond donors (Lipinski definition) is 0. The second-order valence-corrected chi connectivity index (χ2v) is 9.27. The van der Waals surface area contributed by atoms with Gasteiger partial charge in [0.05, 0.1) is 10.5 Å². The summed E-state index contributed by atoms with van der Waals surface area (Å²) >= 11 is 0. The van der Waals surface area contributed by atoms with Gasteiger partial charge in [-0.05, 0) is 44.2 Å². The predicted octanol–water partition coefficient (Wildman–Crippen LogP) is 3.31. The van der Waals surface area contributed by atoms with Crippen molar-refractivity contribution in [2.24, 2.45) is 0 Å². The highest BCUT2D eigenvalue weighted by molar-refractivity contribution is 7.89. The maximum absolute atomic E-state index is 12.9. The molecule has 168 valence electrons. The van der Waals surface area contributed by atoms with Gasteiger partial charge in [-0.25, -0.2) is 8.42 Å². The first-order valence-corrected chi connectivity index (χ1v) is 11.1. The zero-order valence-electron chi connectivity index (χ0n) is 17.1. The van der Waals surface area contributed by atoms with Crippen molar-refractivity contribution in [1.82, 2.24) is 9.21 Å². The van der Waals surface area contributed by atoms with Gasteiger partial charge in [0.1, 0.15) is 5.75 Å². The Labute approximate surface area is 179 Å². The predicted molar refractivity (Wildman–Crippen MR) is 108 cm³/mol. The molecule has 10 heteroatoms. The van der Waals surface area contributed by atoms with E-state index >= 15 is 0 Å². The van der Waals surface area contributed by atoms with Crippen molar-refractivity contribution in [3.8, 4) is 5.75 Å². The van der Waals surface area contributed by atoms with Crippen molar-refractivity contribution < 1.29 is 31.1 Å². The zero-order valence-corrected chi connectivity index (χ0v) is 17.9. The van der Waals surface area contributed by atoms with Crippen LogP contribution in [0.4, 0.5) is 13.2 Å². The molecule has 0 spiro atoms. The molecule has 3 rings (SSSR count). The van der Waals surface area contributed by atoms with Crippen LogP contribution in [0.5, 0.6) is 5.75 Å². The molecule has 0 aliphatic carbocycles. The van der Waals surface area contributed by atoms with Crippen LogP contribution in [-0.4, -0.2) is 55.8 Å². The number of carbonyl (C=O) groups excluding carboxylic acids is 1. The molecule has 1 fully saturated rings. The molecule has 0 bridgehead atoms. The maximum atomic E-state index is 12.9. The van der Waals surface area contributed by atoms with Gasteiger partial charge >= 0.3 is 6.18 Å². The van der Waals surface area contributed by atoms with Crippen LogP contribution >= 0.6 is 0 Å². The summed E-state index contributed by atoms with van der Waals surface area (Å²) < 4.78 is 71.1. The highest BCUT2D eigenvalue weighted by atomic mass is 32.2. The fraction of sp³-hybridized carbons (Fsp3) is 0.381. The molecule has 1 heterocycles. The van der Waals surface area contributed by atoms with Gasteiger partial charge in [0.2, 0.25) is 10.0 Å². The van der Waals surface area contributed by atoms with Gasteiger partial charge in [0.25, 0.3) is 5.91 Å². The molecule has 0 N–H and O–H groups in total. The quantitative estimate of drug-likeness (QED) is 0.693. The van der Waals surface area contributed by atoms with Gasteiger partial charge in [0, 0.05) is 26.2 Å². The van der Waals surface area contributed by atoms with E-state index in [-0.39, 0.29) is 32.1 Å². The minimum Gasteiger partial charge on any atom is -0.481 e. The van der Waals surface area contributed by atoms with Crippen LogP contribution < -0.4 is 4.74 Å². The van der Waals surface area contributed by atoms with E-state index in [9.17, 15) is 26.4 Å². The summed E-state index contributed by atoms with van der Waals surface area (Å²) in [6.07, 6.45) is -5.39. The largest absolute Gasteiger partial charge is 0.481 e. The Balaban J connectivity index is 1.63. The number of sulfonamides is 1. The Morgan fingerprint density at radius 2 is 1.65 bits per heavy atom. The number of nitrogens with zero attached hydrogens (tertiary/aromatic N) is 2. The van der Waals surface area contributed by atoms with Crippen LogP contribution in [0.1, 0.15) is 18.1 Å². The molecule has 1 unspecified atom stereocenters. The third-order valence-corrected chi connectivity index (χ3v) is 6.93.